The van der Waals surface area contributed by atoms with Crippen LogP contribution in [0.15, 0.2) is 42.5 Å². The SMILES string of the molecule is CC(C)CNC(=O)c1cccc(CN2CCN(C(=O)c3cccc(Cl)c3Cl)CC2)c1. The van der Waals surface area contributed by atoms with Gasteiger partial charge in [-0.05, 0) is 35.7 Å². The Morgan fingerprint density at radius 3 is 2.43 bits per heavy atom. The number of benzene rings is 2. The molecule has 0 aromatic heterocycles. The highest BCUT2D eigenvalue weighted by molar-refractivity contribution is 6.43. The third-order valence-electron chi connectivity index (χ3n) is 5.11. The van der Waals surface area contributed by atoms with Crippen LogP contribution in [-0.2, 0) is 6.54 Å². The molecular formula is C23H27Cl2N3O2. The molecule has 2 amide bonds. The Kier molecular flexibility index (Phi) is 7.75. The van der Waals surface area contributed by atoms with Gasteiger partial charge >= 0.3 is 0 Å². The summed E-state index contributed by atoms with van der Waals surface area (Å²) in [4.78, 5) is 29.2. The van der Waals surface area contributed by atoms with Crippen molar-refractivity contribution in [3.05, 3.63) is 69.2 Å². The van der Waals surface area contributed by atoms with Gasteiger partial charge in [0.15, 0.2) is 0 Å². The topological polar surface area (TPSA) is 52.7 Å². The molecule has 30 heavy (non-hydrogen) atoms. The first-order chi connectivity index (χ1) is 14.3. The average molecular weight is 448 g/mol. The number of carbonyl (C=O) groups is 2. The molecular weight excluding hydrogens is 421 g/mol. The van der Waals surface area contributed by atoms with Crippen molar-refractivity contribution in [2.75, 3.05) is 32.7 Å². The van der Waals surface area contributed by atoms with E-state index in [0.29, 0.717) is 46.7 Å². The summed E-state index contributed by atoms with van der Waals surface area (Å²) in [5, 5.41) is 3.65. The number of piperazine rings is 1. The lowest BCUT2D eigenvalue weighted by Crippen LogP contribution is -2.48. The van der Waals surface area contributed by atoms with Gasteiger partial charge in [-0.3, -0.25) is 14.5 Å². The maximum absolute atomic E-state index is 12.8. The fraction of sp³-hybridized carbons (Fsp3) is 0.391. The Bertz CT molecular complexity index is 909. The number of hydrogen-bond donors (Lipinski definition) is 1. The first-order valence-corrected chi connectivity index (χ1v) is 10.9. The molecule has 0 atom stereocenters. The molecule has 1 saturated heterocycles. The molecule has 7 heteroatoms. The van der Waals surface area contributed by atoms with Crippen molar-refractivity contribution < 1.29 is 9.59 Å². The van der Waals surface area contributed by atoms with Crippen LogP contribution in [0.2, 0.25) is 10.0 Å². The fourth-order valence-corrected chi connectivity index (χ4v) is 3.80. The summed E-state index contributed by atoms with van der Waals surface area (Å²) >= 11 is 12.2. The van der Waals surface area contributed by atoms with Crippen molar-refractivity contribution >= 4 is 35.0 Å². The van der Waals surface area contributed by atoms with Crippen LogP contribution < -0.4 is 5.32 Å². The summed E-state index contributed by atoms with van der Waals surface area (Å²) in [5.41, 5.74) is 2.21. The molecule has 0 spiro atoms. The van der Waals surface area contributed by atoms with Crippen LogP contribution in [0.5, 0.6) is 0 Å². The summed E-state index contributed by atoms with van der Waals surface area (Å²) in [6.07, 6.45) is 0. The van der Waals surface area contributed by atoms with Crippen LogP contribution >= 0.6 is 23.2 Å². The lowest BCUT2D eigenvalue weighted by atomic mass is 10.1. The van der Waals surface area contributed by atoms with Crippen LogP contribution in [0.1, 0.15) is 40.1 Å². The normalized spacial score (nSPS) is 14.8. The highest BCUT2D eigenvalue weighted by atomic mass is 35.5. The molecule has 2 aromatic rings. The minimum atomic E-state index is -0.0917. The minimum Gasteiger partial charge on any atom is -0.352 e. The molecule has 1 aliphatic rings. The Morgan fingerprint density at radius 1 is 1.03 bits per heavy atom. The molecule has 1 N–H and O–H groups in total. The van der Waals surface area contributed by atoms with Gasteiger partial charge < -0.3 is 10.2 Å². The Balaban J connectivity index is 1.56. The summed E-state index contributed by atoms with van der Waals surface area (Å²) in [5.74, 6) is 0.281. The highest BCUT2D eigenvalue weighted by Gasteiger charge is 2.24. The summed E-state index contributed by atoms with van der Waals surface area (Å²) in [7, 11) is 0. The van der Waals surface area contributed by atoms with E-state index >= 15 is 0 Å². The van der Waals surface area contributed by atoms with Crippen molar-refractivity contribution in [1.82, 2.24) is 15.1 Å². The van der Waals surface area contributed by atoms with E-state index in [9.17, 15) is 9.59 Å². The van der Waals surface area contributed by atoms with Crippen molar-refractivity contribution in [2.24, 2.45) is 5.92 Å². The van der Waals surface area contributed by atoms with Gasteiger partial charge in [0, 0.05) is 44.8 Å². The van der Waals surface area contributed by atoms with Gasteiger partial charge in [-0.15, -0.1) is 0 Å². The van der Waals surface area contributed by atoms with Crippen LogP contribution in [0.3, 0.4) is 0 Å². The molecule has 160 valence electrons. The van der Waals surface area contributed by atoms with E-state index in [-0.39, 0.29) is 11.8 Å². The van der Waals surface area contributed by atoms with Crippen LogP contribution in [-0.4, -0.2) is 54.3 Å². The second-order valence-electron chi connectivity index (χ2n) is 7.97. The number of rotatable bonds is 6. The molecule has 0 bridgehead atoms. The number of nitrogens with one attached hydrogen (secondary N) is 1. The van der Waals surface area contributed by atoms with Gasteiger partial charge in [0.25, 0.3) is 11.8 Å². The largest absolute Gasteiger partial charge is 0.352 e. The Hall–Kier alpha value is -2.08. The van der Waals surface area contributed by atoms with Gasteiger partial charge in [0.1, 0.15) is 0 Å². The van der Waals surface area contributed by atoms with Crippen LogP contribution in [0.4, 0.5) is 0 Å². The third kappa shape index (κ3) is 5.75. The van der Waals surface area contributed by atoms with Gasteiger partial charge in [-0.1, -0.05) is 55.2 Å². The predicted molar refractivity (Wildman–Crippen MR) is 121 cm³/mol. The number of carbonyl (C=O) groups excluding carboxylic acids is 2. The molecule has 3 rings (SSSR count). The highest BCUT2D eigenvalue weighted by Crippen LogP contribution is 2.27. The average Bonchev–Trinajstić information content (AvgIpc) is 2.74. The number of amides is 2. The van der Waals surface area contributed by atoms with E-state index in [0.717, 1.165) is 25.2 Å². The molecule has 0 radical (unpaired) electrons. The summed E-state index contributed by atoms with van der Waals surface area (Å²) in [6, 6.07) is 12.9. The quantitative estimate of drug-likeness (QED) is 0.716. The van der Waals surface area contributed by atoms with Crippen molar-refractivity contribution in [2.45, 2.75) is 20.4 Å². The third-order valence-corrected chi connectivity index (χ3v) is 5.93. The predicted octanol–water partition coefficient (Wildman–Crippen LogP) is 4.34. The first kappa shape index (κ1) is 22.6. The zero-order valence-corrected chi connectivity index (χ0v) is 18.8. The maximum Gasteiger partial charge on any atom is 0.255 e. The summed E-state index contributed by atoms with van der Waals surface area (Å²) < 4.78 is 0. The molecule has 0 aliphatic carbocycles. The fourth-order valence-electron chi connectivity index (χ4n) is 3.42. The van der Waals surface area contributed by atoms with Gasteiger partial charge in [0.05, 0.1) is 15.6 Å². The van der Waals surface area contributed by atoms with Crippen molar-refractivity contribution in [1.29, 1.82) is 0 Å². The molecule has 1 aliphatic heterocycles. The molecule has 2 aromatic carbocycles. The molecule has 5 nitrogen and oxygen atoms in total. The lowest BCUT2D eigenvalue weighted by molar-refractivity contribution is 0.0628. The second kappa shape index (κ2) is 10.3. The Labute approximate surface area is 187 Å². The second-order valence-corrected chi connectivity index (χ2v) is 8.76. The van der Waals surface area contributed by atoms with E-state index < -0.39 is 0 Å². The van der Waals surface area contributed by atoms with Gasteiger partial charge in [0.2, 0.25) is 0 Å². The number of nitrogens with zero attached hydrogens (tertiary/aromatic N) is 2. The standard InChI is InChI=1S/C23H27Cl2N3O2/c1-16(2)14-26-22(29)18-6-3-5-17(13-18)15-27-9-11-28(12-10-27)23(30)19-7-4-8-20(24)21(19)25/h3-8,13,16H,9-12,14-15H2,1-2H3,(H,26,29). The van der Waals surface area contributed by atoms with E-state index in [4.69, 9.17) is 23.2 Å². The van der Waals surface area contributed by atoms with Gasteiger partial charge in [-0.25, -0.2) is 0 Å². The number of hydrogen-bond acceptors (Lipinski definition) is 3. The molecule has 0 saturated carbocycles. The molecule has 0 unspecified atom stereocenters. The monoisotopic (exact) mass is 447 g/mol. The minimum absolute atomic E-state index is 0.0423. The van der Waals surface area contributed by atoms with Crippen LogP contribution in [0, 0.1) is 5.92 Å². The van der Waals surface area contributed by atoms with Crippen molar-refractivity contribution in [3.63, 3.8) is 0 Å². The molecule has 1 fully saturated rings. The zero-order chi connectivity index (χ0) is 21.7. The van der Waals surface area contributed by atoms with E-state index in [1.807, 2.05) is 29.2 Å². The smallest absolute Gasteiger partial charge is 0.255 e. The van der Waals surface area contributed by atoms with E-state index in [1.54, 1.807) is 18.2 Å². The Morgan fingerprint density at radius 2 is 1.73 bits per heavy atom. The van der Waals surface area contributed by atoms with Crippen molar-refractivity contribution in [3.8, 4) is 0 Å². The zero-order valence-electron chi connectivity index (χ0n) is 17.3. The van der Waals surface area contributed by atoms with Crippen LogP contribution in [0.25, 0.3) is 0 Å². The summed E-state index contributed by atoms with van der Waals surface area (Å²) in [6.45, 7) is 8.30. The van der Waals surface area contributed by atoms with Gasteiger partial charge in [-0.2, -0.15) is 0 Å². The van der Waals surface area contributed by atoms with E-state index in [2.05, 4.69) is 24.1 Å². The first-order valence-electron chi connectivity index (χ1n) is 10.2. The molecule has 1 heterocycles. The maximum atomic E-state index is 12.8. The lowest BCUT2D eigenvalue weighted by Gasteiger charge is -2.35. The van der Waals surface area contributed by atoms with E-state index in [1.165, 1.54) is 0 Å². The number of halogens is 2.